The summed E-state index contributed by atoms with van der Waals surface area (Å²) in [6, 6.07) is 4.06. The SMILES string of the molecule is Cc1ccc(F)c(S(=O)(=O)N2CCCC(N(C)CC(=O)O)CC2)c1. The summed E-state index contributed by atoms with van der Waals surface area (Å²) in [5.41, 5.74) is 0.684. The van der Waals surface area contributed by atoms with Gasteiger partial charge in [0.1, 0.15) is 10.7 Å². The van der Waals surface area contributed by atoms with Crippen molar-refractivity contribution in [2.45, 2.75) is 37.1 Å². The Kier molecular flexibility index (Phi) is 5.95. The van der Waals surface area contributed by atoms with Crippen molar-refractivity contribution in [2.75, 3.05) is 26.7 Å². The molecule has 1 aliphatic rings. The van der Waals surface area contributed by atoms with Crippen molar-refractivity contribution in [3.8, 4) is 0 Å². The Labute approximate surface area is 141 Å². The number of aryl methyl sites for hydroxylation is 1. The van der Waals surface area contributed by atoms with Gasteiger partial charge < -0.3 is 5.11 Å². The second-order valence-corrected chi connectivity index (χ2v) is 8.14. The van der Waals surface area contributed by atoms with E-state index >= 15 is 0 Å². The number of sulfonamides is 1. The summed E-state index contributed by atoms with van der Waals surface area (Å²) in [6.07, 6.45) is 1.85. The molecule has 1 aromatic carbocycles. The van der Waals surface area contributed by atoms with Crippen LogP contribution in [0.1, 0.15) is 24.8 Å². The number of carboxylic acid groups (broad SMARTS) is 1. The first-order valence-electron chi connectivity index (χ1n) is 7.90. The number of carboxylic acids is 1. The van der Waals surface area contributed by atoms with Crippen molar-refractivity contribution in [3.05, 3.63) is 29.6 Å². The van der Waals surface area contributed by atoms with Gasteiger partial charge in [-0.1, -0.05) is 6.07 Å². The van der Waals surface area contributed by atoms with Gasteiger partial charge in [-0.2, -0.15) is 4.31 Å². The molecule has 1 atom stereocenters. The van der Waals surface area contributed by atoms with Gasteiger partial charge >= 0.3 is 5.97 Å². The topological polar surface area (TPSA) is 77.9 Å². The highest BCUT2D eigenvalue weighted by molar-refractivity contribution is 7.89. The van der Waals surface area contributed by atoms with Crippen LogP contribution in [0, 0.1) is 12.7 Å². The van der Waals surface area contributed by atoms with Gasteiger partial charge in [0.05, 0.1) is 6.54 Å². The number of likely N-dealkylation sites (N-methyl/N-ethyl adjacent to an activating group) is 1. The lowest BCUT2D eigenvalue weighted by molar-refractivity contribution is -0.138. The number of hydrogen-bond acceptors (Lipinski definition) is 4. The van der Waals surface area contributed by atoms with Gasteiger partial charge in [-0.15, -0.1) is 0 Å². The molecule has 0 amide bonds. The number of nitrogens with zero attached hydrogens (tertiary/aromatic N) is 2. The van der Waals surface area contributed by atoms with E-state index in [-0.39, 0.29) is 24.0 Å². The lowest BCUT2D eigenvalue weighted by Gasteiger charge is -2.25. The molecule has 1 aliphatic heterocycles. The Bertz CT molecular complexity index is 708. The van der Waals surface area contributed by atoms with Crippen molar-refractivity contribution in [2.24, 2.45) is 0 Å². The van der Waals surface area contributed by atoms with E-state index < -0.39 is 21.8 Å². The van der Waals surface area contributed by atoms with Gasteiger partial charge in [0.25, 0.3) is 0 Å². The van der Waals surface area contributed by atoms with E-state index in [0.29, 0.717) is 31.4 Å². The minimum Gasteiger partial charge on any atom is -0.480 e. The van der Waals surface area contributed by atoms with E-state index in [9.17, 15) is 17.6 Å². The number of carbonyl (C=O) groups is 1. The maximum Gasteiger partial charge on any atom is 0.317 e. The van der Waals surface area contributed by atoms with Crippen LogP contribution in [-0.2, 0) is 14.8 Å². The monoisotopic (exact) mass is 358 g/mol. The Morgan fingerprint density at radius 3 is 2.75 bits per heavy atom. The second-order valence-electron chi connectivity index (χ2n) is 6.23. The largest absolute Gasteiger partial charge is 0.480 e. The third-order valence-electron chi connectivity index (χ3n) is 4.37. The minimum atomic E-state index is -3.89. The van der Waals surface area contributed by atoms with Crippen molar-refractivity contribution < 1.29 is 22.7 Å². The van der Waals surface area contributed by atoms with Crippen molar-refractivity contribution in [1.29, 1.82) is 0 Å². The fourth-order valence-corrected chi connectivity index (χ4v) is 4.67. The smallest absolute Gasteiger partial charge is 0.317 e. The van der Waals surface area contributed by atoms with Gasteiger partial charge in [-0.3, -0.25) is 9.69 Å². The Morgan fingerprint density at radius 2 is 2.08 bits per heavy atom. The number of aliphatic carboxylic acids is 1. The molecular weight excluding hydrogens is 335 g/mol. The molecule has 1 aromatic rings. The maximum absolute atomic E-state index is 14.0. The molecule has 0 bridgehead atoms. The molecule has 8 heteroatoms. The van der Waals surface area contributed by atoms with Crippen LogP contribution in [0.2, 0.25) is 0 Å². The van der Waals surface area contributed by atoms with Crippen LogP contribution in [-0.4, -0.2) is 61.4 Å². The molecule has 0 aliphatic carbocycles. The highest BCUT2D eigenvalue weighted by atomic mass is 32.2. The van der Waals surface area contributed by atoms with Gasteiger partial charge in [0.15, 0.2) is 0 Å². The quantitative estimate of drug-likeness (QED) is 0.867. The molecule has 1 N–H and O–H groups in total. The molecule has 0 radical (unpaired) electrons. The van der Waals surface area contributed by atoms with Gasteiger partial charge in [0, 0.05) is 19.1 Å². The van der Waals surface area contributed by atoms with Crippen LogP contribution in [0.3, 0.4) is 0 Å². The summed E-state index contributed by atoms with van der Waals surface area (Å²) in [7, 11) is -2.16. The summed E-state index contributed by atoms with van der Waals surface area (Å²) in [5.74, 6) is -1.66. The molecule has 1 fully saturated rings. The van der Waals surface area contributed by atoms with Crippen molar-refractivity contribution in [1.82, 2.24) is 9.21 Å². The van der Waals surface area contributed by atoms with Gasteiger partial charge in [-0.05, 0) is 50.9 Å². The number of benzene rings is 1. The molecule has 0 saturated carbocycles. The zero-order valence-corrected chi connectivity index (χ0v) is 14.7. The van der Waals surface area contributed by atoms with E-state index in [1.165, 1.54) is 22.5 Å². The zero-order valence-electron chi connectivity index (χ0n) is 13.9. The summed E-state index contributed by atoms with van der Waals surface area (Å²) < 4.78 is 40.8. The van der Waals surface area contributed by atoms with Crippen LogP contribution in [0.4, 0.5) is 4.39 Å². The first kappa shape index (κ1) is 18.8. The summed E-state index contributed by atoms with van der Waals surface area (Å²) in [4.78, 5) is 12.3. The van der Waals surface area contributed by atoms with Crippen molar-refractivity contribution in [3.63, 3.8) is 0 Å². The molecule has 0 spiro atoms. The van der Waals surface area contributed by atoms with Crippen LogP contribution < -0.4 is 0 Å². The van der Waals surface area contributed by atoms with Crippen LogP contribution in [0.5, 0.6) is 0 Å². The van der Waals surface area contributed by atoms with E-state index in [4.69, 9.17) is 5.11 Å². The Hall–Kier alpha value is -1.51. The minimum absolute atomic E-state index is 0.00339. The van der Waals surface area contributed by atoms with Crippen LogP contribution in [0.15, 0.2) is 23.1 Å². The van der Waals surface area contributed by atoms with Crippen LogP contribution >= 0.6 is 0 Å². The number of hydrogen-bond donors (Lipinski definition) is 1. The first-order valence-corrected chi connectivity index (χ1v) is 9.34. The molecule has 6 nitrogen and oxygen atoms in total. The molecule has 2 rings (SSSR count). The first-order chi connectivity index (χ1) is 11.2. The van der Waals surface area contributed by atoms with E-state index in [1.54, 1.807) is 18.9 Å². The van der Waals surface area contributed by atoms with E-state index in [0.717, 1.165) is 0 Å². The standard InChI is InChI=1S/C16H23FN2O4S/c1-12-5-6-14(17)15(10-12)24(22,23)19-8-3-4-13(7-9-19)18(2)11-16(20)21/h5-6,10,13H,3-4,7-9,11H2,1-2H3,(H,20,21). The molecule has 24 heavy (non-hydrogen) atoms. The molecule has 0 aromatic heterocycles. The number of halogens is 1. The summed E-state index contributed by atoms with van der Waals surface area (Å²) >= 11 is 0. The normalized spacial score (nSPS) is 20.1. The highest BCUT2D eigenvalue weighted by Crippen LogP contribution is 2.24. The lowest BCUT2D eigenvalue weighted by Crippen LogP contribution is -2.37. The zero-order chi connectivity index (χ0) is 17.9. The van der Waals surface area contributed by atoms with Crippen LogP contribution in [0.25, 0.3) is 0 Å². The van der Waals surface area contributed by atoms with Gasteiger partial charge in [-0.25, -0.2) is 12.8 Å². The Balaban J connectivity index is 2.15. The summed E-state index contributed by atoms with van der Waals surface area (Å²) in [6.45, 7) is 2.21. The predicted molar refractivity (Wildman–Crippen MR) is 87.8 cm³/mol. The molecule has 134 valence electrons. The fourth-order valence-electron chi connectivity index (χ4n) is 3.02. The Morgan fingerprint density at radius 1 is 1.38 bits per heavy atom. The molecule has 1 saturated heterocycles. The van der Waals surface area contributed by atoms with E-state index in [1.807, 2.05) is 0 Å². The average Bonchev–Trinajstić information content (AvgIpc) is 2.75. The second kappa shape index (κ2) is 7.58. The molecule has 1 heterocycles. The predicted octanol–water partition coefficient (Wildman–Crippen LogP) is 1.69. The number of rotatable bonds is 5. The van der Waals surface area contributed by atoms with E-state index in [2.05, 4.69) is 0 Å². The van der Waals surface area contributed by atoms with Gasteiger partial charge in [0.2, 0.25) is 10.0 Å². The molecular formula is C16H23FN2O4S. The molecule has 1 unspecified atom stereocenters. The maximum atomic E-state index is 14.0. The highest BCUT2D eigenvalue weighted by Gasteiger charge is 2.31. The van der Waals surface area contributed by atoms with Crippen molar-refractivity contribution >= 4 is 16.0 Å². The fraction of sp³-hybridized carbons (Fsp3) is 0.562. The third kappa shape index (κ3) is 4.31. The third-order valence-corrected chi connectivity index (χ3v) is 6.28. The summed E-state index contributed by atoms with van der Waals surface area (Å²) in [5, 5.41) is 8.88. The average molecular weight is 358 g/mol. The lowest BCUT2D eigenvalue weighted by atomic mass is 10.1.